The smallest absolute Gasteiger partial charge is 0.261 e. The molecule has 3 aromatic carbocycles. The number of carbonyl (C=O) groups is 1. The molecule has 0 heterocycles. The van der Waals surface area contributed by atoms with Gasteiger partial charge in [0, 0.05) is 5.69 Å². The zero-order valence-corrected chi connectivity index (χ0v) is 22.9. The Bertz CT molecular complexity index is 1370. The third kappa shape index (κ3) is 7.81. The number of nitrogens with one attached hydrogen (secondary N) is 3. The van der Waals surface area contributed by atoms with Crippen LogP contribution in [0, 0.1) is 19.8 Å². The number of amides is 1. The van der Waals surface area contributed by atoms with Gasteiger partial charge in [-0.2, -0.15) is 0 Å². The van der Waals surface area contributed by atoms with Gasteiger partial charge >= 0.3 is 0 Å². The maximum Gasteiger partial charge on any atom is 0.261 e. The van der Waals surface area contributed by atoms with Crippen LogP contribution in [0.2, 0.25) is 0 Å². The average molecular weight is 536 g/mol. The monoisotopic (exact) mass is 535 g/mol. The summed E-state index contributed by atoms with van der Waals surface area (Å²) in [4.78, 5) is 13.0. The number of benzene rings is 3. The van der Waals surface area contributed by atoms with E-state index in [1.54, 1.807) is 24.3 Å². The zero-order valence-electron chi connectivity index (χ0n) is 21.3. The first-order valence-corrected chi connectivity index (χ1v) is 13.7. The molecule has 3 N–H and O–H groups in total. The third-order valence-electron chi connectivity index (χ3n) is 5.57. The Balaban J connectivity index is 1.65. The Morgan fingerprint density at radius 3 is 2.30 bits per heavy atom. The molecule has 192 valence electrons. The molecule has 37 heavy (non-hydrogen) atoms. The van der Waals surface area contributed by atoms with Crippen molar-refractivity contribution >= 4 is 57.9 Å². The van der Waals surface area contributed by atoms with Crippen LogP contribution in [0.15, 0.2) is 65.6 Å². The fraction of sp³-hybridized carbons (Fsp3) is 0.259. The molecule has 0 saturated heterocycles. The predicted molar refractivity (Wildman–Crippen MR) is 154 cm³/mol. The maximum atomic E-state index is 12.9. The lowest BCUT2D eigenvalue weighted by Gasteiger charge is -2.15. The van der Waals surface area contributed by atoms with Crippen molar-refractivity contribution in [3.05, 3.63) is 77.4 Å². The number of rotatable bonds is 9. The van der Waals surface area contributed by atoms with Crippen LogP contribution in [0.1, 0.15) is 41.8 Å². The van der Waals surface area contributed by atoms with Crippen LogP contribution in [-0.4, -0.2) is 33.9 Å². The molecule has 0 bridgehead atoms. The average Bonchev–Trinajstić information content (AvgIpc) is 2.82. The van der Waals surface area contributed by atoms with Crippen LogP contribution < -0.4 is 25.6 Å². The summed E-state index contributed by atoms with van der Waals surface area (Å²) in [6, 6.07) is 16.5. The summed E-state index contributed by atoms with van der Waals surface area (Å²) in [6.45, 7) is 8.34. The Hall–Kier alpha value is -3.37. The van der Waals surface area contributed by atoms with E-state index in [0.29, 0.717) is 35.1 Å². The first-order chi connectivity index (χ1) is 17.5. The predicted octanol–water partition coefficient (Wildman–Crippen LogP) is 4.45. The highest BCUT2D eigenvalue weighted by Crippen LogP contribution is 2.24. The van der Waals surface area contributed by atoms with Gasteiger partial charge in [0.25, 0.3) is 15.9 Å². The minimum Gasteiger partial charge on any atom is -0.493 e. The lowest BCUT2D eigenvalue weighted by Crippen LogP contribution is -2.34. The highest BCUT2D eigenvalue weighted by molar-refractivity contribution is 7.92. The molecule has 3 rings (SSSR count). The summed E-state index contributed by atoms with van der Waals surface area (Å²) in [5, 5.41) is 5.56. The van der Waals surface area contributed by atoms with Crippen molar-refractivity contribution in [2.75, 3.05) is 16.6 Å². The number of hydrogen-bond donors (Lipinski definition) is 3. The summed E-state index contributed by atoms with van der Waals surface area (Å²) in [6.07, 6.45) is 0.844. The molecule has 0 aromatic heterocycles. The number of para-hydroxylation sites is 1. The van der Waals surface area contributed by atoms with E-state index in [-0.39, 0.29) is 15.6 Å². The van der Waals surface area contributed by atoms with E-state index in [2.05, 4.69) is 29.2 Å². The van der Waals surface area contributed by atoms with Crippen LogP contribution >= 0.6 is 12.2 Å². The minimum absolute atomic E-state index is 0.0461. The first kappa shape index (κ1) is 28.2. The highest BCUT2D eigenvalue weighted by atomic mass is 32.2. The van der Waals surface area contributed by atoms with E-state index >= 15 is 0 Å². The maximum absolute atomic E-state index is 12.9. The number of carbonyl (C=O) groups excluding carboxylic acids is 1. The summed E-state index contributed by atoms with van der Waals surface area (Å²) >= 11 is 5.29. The molecule has 10 heteroatoms. The van der Waals surface area contributed by atoms with Gasteiger partial charge in [-0.1, -0.05) is 49.6 Å². The number of ether oxygens (including phenoxy) is 1. The minimum atomic E-state index is -3.79. The number of hydrogen-bond acceptors (Lipinski definition) is 5. The van der Waals surface area contributed by atoms with Gasteiger partial charge in [0.2, 0.25) is 0 Å². The second-order valence-corrected chi connectivity index (χ2v) is 11.2. The molecule has 0 spiro atoms. The zero-order chi connectivity index (χ0) is 27.2. The van der Waals surface area contributed by atoms with E-state index in [0.717, 1.165) is 17.5 Å². The molecule has 0 saturated carbocycles. The Labute approximate surface area is 225 Å². The van der Waals surface area contributed by atoms with E-state index in [1.807, 2.05) is 32.0 Å². The first-order valence-electron chi connectivity index (χ1n) is 11.8. The molecule has 3 aromatic rings. The lowest BCUT2D eigenvalue weighted by atomic mass is 9.94. The highest BCUT2D eigenvalue weighted by Gasteiger charge is 2.18. The summed E-state index contributed by atoms with van der Waals surface area (Å²) in [5.41, 5.74) is 3.42. The van der Waals surface area contributed by atoms with E-state index in [9.17, 15) is 13.2 Å². The van der Waals surface area contributed by atoms with Crippen molar-refractivity contribution in [3.8, 4) is 5.75 Å². The lowest BCUT2D eigenvalue weighted by molar-refractivity contribution is 0.0973. The number of anilines is 2. The molecule has 0 unspecified atom stereocenters. The van der Waals surface area contributed by atoms with Crippen LogP contribution in [0.5, 0.6) is 5.75 Å². The van der Waals surface area contributed by atoms with Gasteiger partial charge < -0.3 is 10.1 Å². The normalized spacial score (nSPS) is 11.2. The van der Waals surface area contributed by atoms with Gasteiger partial charge in [-0.3, -0.25) is 14.8 Å². The van der Waals surface area contributed by atoms with Crippen molar-refractivity contribution in [2.24, 2.45) is 5.92 Å². The third-order valence-corrected chi connectivity index (χ3v) is 7.14. The second kappa shape index (κ2) is 12.2. The molecule has 7 nitrogen and oxygen atoms in total. The number of thiocarbonyl (C=S) groups is 1. The van der Waals surface area contributed by atoms with E-state index < -0.39 is 15.9 Å². The summed E-state index contributed by atoms with van der Waals surface area (Å²) in [7, 11) is 2.09. The number of aryl methyl sites for hydroxylation is 2. The molecule has 0 aliphatic rings. The second-order valence-electron chi connectivity index (χ2n) is 9.09. The van der Waals surface area contributed by atoms with Crippen LogP contribution in [-0.2, 0) is 10.0 Å². The van der Waals surface area contributed by atoms with Gasteiger partial charge in [0.05, 0.1) is 22.8 Å². The molecular weight excluding hydrogens is 505 g/mol. The fourth-order valence-electron chi connectivity index (χ4n) is 3.47. The van der Waals surface area contributed by atoms with Crippen molar-refractivity contribution in [1.29, 1.82) is 0 Å². The van der Waals surface area contributed by atoms with Crippen LogP contribution in [0.25, 0.3) is 0 Å². The Morgan fingerprint density at radius 2 is 1.68 bits per heavy atom. The fourth-order valence-corrected chi connectivity index (χ4v) is 4.89. The summed E-state index contributed by atoms with van der Waals surface area (Å²) < 4.78 is 34.2. The van der Waals surface area contributed by atoms with Crippen molar-refractivity contribution in [3.63, 3.8) is 0 Å². The number of sulfonamides is 1. The molecule has 2 radical (unpaired) electrons. The quantitative estimate of drug-likeness (QED) is 0.277. The van der Waals surface area contributed by atoms with Gasteiger partial charge in [-0.05, 0) is 79.9 Å². The van der Waals surface area contributed by atoms with Crippen molar-refractivity contribution in [2.45, 2.75) is 39.0 Å². The molecule has 0 aliphatic carbocycles. The van der Waals surface area contributed by atoms with Crippen molar-refractivity contribution in [1.82, 2.24) is 5.32 Å². The van der Waals surface area contributed by atoms with Crippen LogP contribution in [0.3, 0.4) is 0 Å². The van der Waals surface area contributed by atoms with E-state index in [4.69, 9.17) is 24.8 Å². The largest absolute Gasteiger partial charge is 0.493 e. The van der Waals surface area contributed by atoms with Gasteiger partial charge in [-0.15, -0.1) is 0 Å². The van der Waals surface area contributed by atoms with Crippen molar-refractivity contribution < 1.29 is 17.9 Å². The van der Waals surface area contributed by atoms with Gasteiger partial charge in [-0.25, -0.2) is 8.42 Å². The molecule has 1 amide bonds. The topological polar surface area (TPSA) is 96.5 Å². The van der Waals surface area contributed by atoms with Gasteiger partial charge in [0.15, 0.2) is 5.11 Å². The SMILES string of the molecule is [B]c1ccc(OCCC(C)C)c(C(=O)NC(=S)Nc2ccc(S(=O)(=O)Nc3c(C)cccc3C)cc2)c1. The molecule has 0 fully saturated rings. The Morgan fingerprint density at radius 1 is 1.03 bits per heavy atom. The standard InChI is InChI=1S/C27H30BN3O4S2/c1-17(2)14-15-35-24-13-8-20(28)16-23(24)26(32)30-27(36)29-21-9-11-22(12-10-21)37(33,34)31-25-18(3)6-5-7-19(25)4/h5-13,16-17,31H,14-15H2,1-4H3,(H2,29,30,32,36). The Kier molecular flexibility index (Phi) is 9.34. The van der Waals surface area contributed by atoms with Crippen LogP contribution in [0.4, 0.5) is 11.4 Å². The molecular formula is C27H30BN3O4S2. The van der Waals surface area contributed by atoms with E-state index in [1.165, 1.54) is 18.2 Å². The molecule has 0 atom stereocenters. The molecule has 0 aliphatic heterocycles. The van der Waals surface area contributed by atoms with Gasteiger partial charge in [0.1, 0.15) is 13.6 Å². The summed E-state index contributed by atoms with van der Waals surface area (Å²) in [5.74, 6) is 0.411.